The molecular weight excluding hydrogens is 488 g/mol. The van der Waals surface area contributed by atoms with Crippen molar-refractivity contribution in [3.05, 3.63) is 34.6 Å². The van der Waals surface area contributed by atoms with Crippen LogP contribution in [0.25, 0.3) is 11.1 Å². The molecular formula is C27H38N6O5. The van der Waals surface area contributed by atoms with Crippen LogP contribution in [0.15, 0.2) is 24.5 Å². The lowest BCUT2D eigenvalue weighted by Gasteiger charge is -2.43. The lowest BCUT2D eigenvalue weighted by atomic mass is 9.98. The number of carbonyl (C=O) groups excluding carboxylic acids is 1. The fourth-order valence-corrected chi connectivity index (χ4v) is 5.28. The molecule has 0 unspecified atom stereocenters. The number of piperidine rings is 1. The van der Waals surface area contributed by atoms with Gasteiger partial charge in [-0.1, -0.05) is 0 Å². The van der Waals surface area contributed by atoms with Crippen molar-refractivity contribution in [2.75, 3.05) is 44.2 Å². The van der Waals surface area contributed by atoms with E-state index in [1.807, 2.05) is 40.1 Å². The van der Waals surface area contributed by atoms with E-state index in [2.05, 4.69) is 14.9 Å². The summed E-state index contributed by atoms with van der Waals surface area (Å²) in [4.78, 5) is 30.6. The quantitative estimate of drug-likeness (QED) is 0.410. The zero-order chi connectivity index (χ0) is 27.0. The second kappa shape index (κ2) is 10.4. The molecule has 11 heteroatoms. The summed E-state index contributed by atoms with van der Waals surface area (Å²) in [6.45, 7) is 10.4. The second-order valence-electron chi connectivity index (χ2n) is 11.5. The minimum atomic E-state index is -0.489. The Labute approximate surface area is 223 Å². The summed E-state index contributed by atoms with van der Waals surface area (Å²) in [5.74, 6) is 0.348. The molecule has 1 aliphatic carbocycles. The molecule has 2 aliphatic heterocycles. The van der Waals surface area contributed by atoms with E-state index in [1.165, 1.54) is 0 Å². The van der Waals surface area contributed by atoms with Crippen molar-refractivity contribution < 1.29 is 19.2 Å². The molecule has 0 atom stereocenters. The third-order valence-electron chi connectivity index (χ3n) is 7.40. The van der Waals surface area contributed by atoms with Gasteiger partial charge in [0.1, 0.15) is 5.60 Å². The van der Waals surface area contributed by atoms with Crippen molar-refractivity contribution in [2.45, 2.75) is 64.2 Å². The van der Waals surface area contributed by atoms with Crippen molar-refractivity contribution in [2.24, 2.45) is 7.05 Å². The number of piperazine rings is 1. The van der Waals surface area contributed by atoms with Crippen LogP contribution in [0.5, 0.6) is 5.75 Å². The molecule has 1 saturated carbocycles. The third-order valence-corrected chi connectivity index (χ3v) is 7.40. The number of aromatic nitrogens is 2. The number of nitro groups is 1. The van der Waals surface area contributed by atoms with Crippen LogP contribution in [0.4, 0.5) is 16.2 Å². The molecule has 3 fully saturated rings. The highest BCUT2D eigenvalue weighted by Crippen LogP contribution is 2.43. The number of ether oxygens (including phenoxy) is 2. The Balaban J connectivity index is 1.28. The van der Waals surface area contributed by atoms with Crippen LogP contribution in [-0.2, 0) is 11.8 Å². The molecule has 1 aromatic carbocycles. The summed E-state index contributed by atoms with van der Waals surface area (Å²) in [6, 6.07) is 3.94. The van der Waals surface area contributed by atoms with Gasteiger partial charge in [0, 0.05) is 87.5 Å². The summed E-state index contributed by atoms with van der Waals surface area (Å²) in [5.41, 5.74) is 2.11. The maximum Gasteiger partial charge on any atom is 0.410 e. The summed E-state index contributed by atoms with van der Waals surface area (Å²) < 4.78 is 13.2. The van der Waals surface area contributed by atoms with E-state index in [-0.39, 0.29) is 22.8 Å². The van der Waals surface area contributed by atoms with Gasteiger partial charge in [-0.2, -0.15) is 5.10 Å². The number of aryl methyl sites for hydroxylation is 1. The largest absolute Gasteiger partial charge is 0.483 e. The van der Waals surface area contributed by atoms with Crippen molar-refractivity contribution in [1.29, 1.82) is 0 Å². The fraction of sp³-hybridized carbons (Fsp3) is 0.630. The van der Waals surface area contributed by atoms with Gasteiger partial charge in [0.05, 0.1) is 17.2 Å². The second-order valence-corrected chi connectivity index (χ2v) is 11.5. The van der Waals surface area contributed by atoms with Crippen LogP contribution >= 0.6 is 0 Å². The Hall–Kier alpha value is -3.34. The molecule has 11 nitrogen and oxygen atoms in total. The predicted octanol–water partition coefficient (Wildman–Crippen LogP) is 4.06. The van der Waals surface area contributed by atoms with Gasteiger partial charge in [0.2, 0.25) is 0 Å². The number of hydrogen-bond acceptors (Lipinski definition) is 8. The van der Waals surface area contributed by atoms with Gasteiger partial charge < -0.3 is 19.3 Å². The molecule has 0 spiro atoms. The SMILES string of the molecule is Cn1cc(-c2cc([N+](=O)[O-])c(OC3CC3)cc2N2CCC(N3CCN(C(=O)OC(C)(C)C)CC3)CC2)cn1. The molecule has 38 heavy (non-hydrogen) atoms. The number of nitrogens with zero attached hydrogens (tertiary/aromatic N) is 6. The van der Waals surface area contributed by atoms with E-state index in [1.54, 1.807) is 21.8 Å². The molecule has 1 aromatic heterocycles. The molecule has 206 valence electrons. The Bertz CT molecular complexity index is 1170. The van der Waals surface area contributed by atoms with Crippen molar-refractivity contribution >= 4 is 17.5 Å². The molecule has 2 saturated heterocycles. The Morgan fingerprint density at radius 3 is 2.29 bits per heavy atom. The maximum atomic E-state index is 12.4. The van der Waals surface area contributed by atoms with Crippen LogP contribution in [0, 0.1) is 10.1 Å². The minimum Gasteiger partial charge on any atom is -0.483 e. The molecule has 2 aromatic rings. The van der Waals surface area contributed by atoms with Crippen LogP contribution in [0.1, 0.15) is 46.5 Å². The van der Waals surface area contributed by atoms with Gasteiger partial charge in [-0.15, -0.1) is 0 Å². The molecule has 3 heterocycles. The molecule has 0 radical (unpaired) electrons. The normalized spacial score (nSPS) is 19.5. The predicted molar refractivity (Wildman–Crippen MR) is 144 cm³/mol. The van der Waals surface area contributed by atoms with Crippen LogP contribution < -0.4 is 9.64 Å². The van der Waals surface area contributed by atoms with Gasteiger partial charge in [-0.05, 0) is 46.5 Å². The number of nitro benzene ring substituents is 1. The van der Waals surface area contributed by atoms with Gasteiger partial charge in [0.25, 0.3) is 0 Å². The van der Waals surface area contributed by atoms with E-state index >= 15 is 0 Å². The van der Waals surface area contributed by atoms with Crippen LogP contribution in [0.3, 0.4) is 0 Å². The summed E-state index contributed by atoms with van der Waals surface area (Å²) >= 11 is 0. The molecule has 5 rings (SSSR count). The number of amides is 1. The number of rotatable bonds is 6. The summed E-state index contributed by atoms with van der Waals surface area (Å²) in [6.07, 6.45) is 7.30. The number of benzene rings is 1. The highest BCUT2D eigenvalue weighted by molar-refractivity contribution is 5.82. The highest BCUT2D eigenvalue weighted by Gasteiger charge is 2.33. The monoisotopic (exact) mass is 526 g/mol. The highest BCUT2D eigenvalue weighted by atomic mass is 16.6. The first-order chi connectivity index (χ1) is 18.1. The van der Waals surface area contributed by atoms with E-state index in [0.717, 1.165) is 68.7 Å². The van der Waals surface area contributed by atoms with Crippen LogP contribution in [0.2, 0.25) is 0 Å². The van der Waals surface area contributed by atoms with E-state index in [4.69, 9.17) is 9.47 Å². The molecule has 1 amide bonds. The van der Waals surface area contributed by atoms with Crippen molar-refractivity contribution in [1.82, 2.24) is 19.6 Å². The smallest absolute Gasteiger partial charge is 0.410 e. The van der Waals surface area contributed by atoms with Crippen molar-refractivity contribution in [3.63, 3.8) is 0 Å². The summed E-state index contributed by atoms with van der Waals surface area (Å²) in [7, 11) is 1.84. The molecule has 0 N–H and O–H groups in total. The fourth-order valence-electron chi connectivity index (χ4n) is 5.28. The van der Waals surface area contributed by atoms with Gasteiger partial charge in [-0.25, -0.2) is 4.79 Å². The summed E-state index contributed by atoms with van der Waals surface area (Å²) in [5, 5.41) is 16.2. The molecule has 3 aliphatic rings. The topological polar surface area (TPSA) is 106 Å². The first-order valence-electron chi connectivity index (χ1n) is 13.5. The Morgan fingerprint density at radius 1 is 1.05 bits per heavy atom. The zero-order valence-electron chi connectivity index (χ0n) is 22.8. The first kappa shape index (κ1) is 26.3. The zero-order valence-corrected chi connectivity index (χ0v) is 22.8. The van der Waals surface area contributed by atoms with Crippen molar-refractivity contribution in [3.8, 4) is 16.9 Å². The number of hydrogen-bond donors (Lipinski definition) is 0. The average Bonchev–Trinajstić information content (AvgIpc) is 3.59. The standard InChI is InChI=1S/C27H38N6O5/c1-27(2,3)38-26(34)32-13-11-30(12-14-32)20-7-9-31(10-8-20)23-16-25(37-21-5-6-21)24(33(35)36)15-22(23)19-17-28-29(4)18-19/h15-18,20-21H,5-14H2,1-4H3. The van der Waals surface area contributed by atoms with E-state index < -0.39 is 5.60 Å². The van der Waals surface area contributed by atoms with Gasteiger partial charge >= 0.3 is 11.8 Å². The Morgan fingerprint density at radius 2 is 1.74 bits per heavy atom. The lowest BCUT2D eigenvalue weighted by Crippen LogP contribution is -2.55. The first-order valence-corrected chi connectivity index (χ1v) is 13.5. The average molecular weight is 527 g/mol. The molecule has 0 bridgehead atoms. The maximum absolute atomic E-state index is 12.4. The van der Waals surface area contributed by atoms with Gasteiger partial charge in [-0.3, -0.25) is 19.7 Å². The van der Waals surface area contributed by atoms with E-state index in [0.29, 0.717) is 24.9 Å². The third kappa shape index (κ3) is 6.03. The minimum absolute atomic E-state index is 0.00255. The van der Waals surface area contributed by atoms with E-state index in [9.17, 15) is 14.9 Å². The number of carbonyl (C=O) groups is 1. The van der Waals surface area contributed by atoms with Crippen LogP contribution in [-0.4, -0.2) is 87.6 Å². The Kier molecular flexibility index (Phi) is 7.21. The van der Waals surface area contributed by atoms with Gasteiger partial charge in [0.15, 0.2) is 5.75 Å². The lowest BCUT2D eigenvalue weighted by molar-refractivity contribution is -0.385. The number of anilines is 1.